The zero-order valence-corrected chi connectivity index (χ0v) is 23.4. The molecule has 202 valence electrons. The molecule has 2 aromatic heterocycles. The highest BCUT2D eigenvalue weighted by molar-refractivity contribution is 7.98. The number of anilines is 1. The zero-order chi connectivity index (χ0) is 27.6. The molecule has 5 rings (SSSR count). The predicted molar refractivity (Wildman–Crippen MR) is 161 cm³/mol. The smallest absolute Gasteiger partial charge is 0.251 e. The van der Waals surface area contributed by atoms with Crippen LogP contribution in [0.4, 0.5) is 5.82 Å². The molecule has 8 heteroatoms. The molecule has 6 nitrogen and oxygen atoms in total. The Morgan fingerprint density at radius 3 is 2.27 bits per heavy atom. The van der Waals surface area contributed by atoms with Crippen molar-refractivity contribution in [2.24, 2.45) is 0 Å². The minimum atomic E-state index is -0.146. The number of carbonyl (C=O) groups is 1. The molecule has 40 heavy (non-hydrogen) atoms. The van der Waals surface area contributed by atoms with E-state index in [-0.39, 0.29) is 5.91 Å². The van der Waals surface area contributed by atoms with E-state index in [4.69, 9.17) is 21.0 Å². The number of carbonyl (C=O) groups excluding carboxylic acids is 1. The van der Waals surface area contributed by atoms with Crippen molar-refractivity contribution in [3.8, 4) is 0 Å². The highest BCUT2D eigenvalue weighted by atomic mass is 35.5. The summed E-state index contributed by atoms with van der Waals surface area (Å²) in [5, 5.41) is 3.89. The second kappa shape index (κ2) is 13.8. The number of thioether (sulfide) groups is 1. The van der Waals surface area contributed by atoms with Crippen LogP contribution in [0.5, 0.6) is 0 Å². The molecule has 0 aliphatic heterocycles. The Morgan fingerprint density at radius 2 is 1.57 bits per heavy atom. The van der Waals surface area contributed by atoms with E-state index in [2.05, 4.69) is 51.6 Å². The number of nitrogens with one attached hydrogen (secondary N) is 1. The average molecular weight is 569 g/mol. The SMILES string of the molecule is O=C(NCc1ccco1)c1ccc(CSc2nc(Cl)cc(N(CCc3ccccc3)Cc3ccccc3)n2)cc1. The van der Waals surface area contributed by atoms with Gasteiger partial charge in [0.25, 0.3) is 5.91 Å². The summed E-state index contributed by atoms with van der Waals surface area (Å²) in [6, 6.07) is 33.8. The Labute approximate surface area is 243 Å². The van der Waals surface area contributed by atoms with Crippen molar-refractivity contribution in [2.75, 3.05) is 11.4 Å². The van der Waals surface area contributed by atoms with Gasteiger partial charge < -0.3 is 14.6 Å². The lowest BCUT2D eigenvalue weighted by atomic mass is 10.1. The van der Waals surface area contributed by atoms with Crippen molar-refractivity contribution in [3.05, 3.63) is 143 Å². The molecule has 0 aliphatic rings. The van der Waals surface area contributed by atoms with Gasteiger partial charge in [0.2, 0.25) is 0 Å². The van der Waals surface area contributed by atoms with E-state index < -0.39 is 0 Å². The van der Waals surface area contributed by atoms with E-state index in [1.54, 1.807) is 12.3 Å². The molecule has 0 aliphatic carbocycles. The van der Waals surface area contributed by atoms with E-state index >= 15 is 0 Å². The number of nitrogens with zero attached hydrogens (tertiary/aromatic N) is 3. The summed E-state index contributed by atoms with van der Waals surface area (Å²) in [5.74, 6) is 2.01. The molecule has 0 spiro atoms. The van der Waals surface area contributed by atoms with Gasteiger partial charge >= 0.3 is 0 Å². The highest BCUT2D eigenvalue weighted by Gasteiger charge is 2.14. The number of halogens is 1. The number of hydrogen-bond donors (Lipinski definition) is 1. The summed E-state index contributed by atoms with van der Waals surface area (Å²) in [6.45, 7) is 1.86. The molecule has 0 saturated carbocycles. The summed E-state index contributed by atoms with van der Waals surface area (Å²) in [6.07, 6.45) is 2.48. The number of amides is 1. The van der Waals surface area contributed by atoms with Crippen molar-refractivity contribution in [1.29, 1.82) is 0 Å². The van der Waals surface area contributed by atoms with E-state index in [0.29, 0.717) is 40.5 Å². The second-order valence-electron chi connectivity index (χ2n) is 9.22. The highest BCUT2D eigenvalue weighted by Crippen LogP contribution is 2.26. The Bertz CT molecular complexity index is 1500. The molecule has 0 atom stereocenters. The molecule has 0 radical (unpaired) electrons. The molecule has 0 fully saturated rings. The Hall–Kier alpha value is -4.07. The fraction of sp³-hybridized carbons (Fsp3) is 0.156. The first kappa shape index (κ1) is 27.5. The van der Waals surface area contributed by atoms with Crippen LogP contribution >= 0.6 is 23.4 Å². The molecule has 0 saturated heterocycles. The lowest BCUT2D eigenvalue weighted by Crippen LogP contribution is -2.26. The standard InChI is InChI=1S/C32H29ClN4O2S/c33-29-20-30(37(22-25-10-5-2-6-11-25)18-17-24-8-3-1-4-9-24)36-32(35-29)40-23-26-13-15-27(16-14-26)31(38)34-21-28-12-7-19-39-28/h1-16,19-20H,17-18,21-23H2,(H,34,38). The first-order valence-electron chi connectivity index (χ1n) is 13.0. The molecule has 0 unspecified atom stereocenters. The molecular formula is C32H29ClN4O2S. The second-order valence-corrected chi connectivity index (χ2v) is 10.6. The van der Waals surface area contributed by atoms with Gasteiger partial charge in [-0.15, -0.1) is 0 Å². The van der Waals surface area contributed by atoms with Crippen molar-refractivity contribution in [3.63, 3.8) is 0 Å². The van der Waals surface area contributed by atoms with Crippen LogP contribution in [0.3, 0.4) is 0 Å². The molecule has 3 aromatic carbocycles. The van der Waals surface area contributed by atoms with Crippen LogP contribution in [0, 0.1) is 0 Å². The summed E-state index contributed by atoms with van der Waals surface area (Å²) in [7, 11) is 0. The van der Waals surface area contributed by atoms with Gasteiger partial charge in [-0.05, 0) is 47.4 Å². The molecule has 1 N–H and O–H groups in total. The maximum Gasteiger partial charge on any atom is 0.251 e. The van der Waals surface area contributed by atoms with Crippen LogP contribution in [0.15, 0.2) is 119 Å². The average Bonchev–Trinajstić information content (AvgIpc) is 3.52. The quantitative estimate of drug-likeness (QED) is 0.0975. The molecule has 0 bridgehead atoms. The van der Waals surface area contributed by atoms with E-state index in [1.807, 2.05) is 60.7 Å². The van der Waals surface area contributed by atoms with Crippen molar-refractivity contribution in [1.82, 2.24) is 15.3 Å². The van der Waals surface area contributed by atoms with Gasteiger partial charge in [-0.3, -0.25) is 4.79 Å². The zero-order valence-electron chi connectivity index (χ0n) is 21.9. The molecule has 5 aromatic rings. The van der Waals surface area contributed by atoms with Crippen LogP contribution in [0.2, 0.25) is 5.15 Å². The fourth-order valence-corrected chi connectivity index (χ4v) is 5.22. The van der Waals surface area contributed by atoms with Crippen LogP contribution in [-0.2, 0) is 25.3 Å². The first-order valence-corrected chi connectivity index (χ1v) is 14.4. The monoisotopic (exact) mass is 568 g/mol. The Kier molecular flexibility index (Phi) is 9.50. The maximum absolute atomic E-state index is 12.4. The minimum Gasteiger partial charge on any atom is -0.467 e. The number of benzene rings is 3. The fourth-order valence-electron chi connectivity index (χ4n) is 4.18. The third-order valence-electron chi connectivity index (χ3n) is 6.30. The van der Waals surface area contributed by atoms with E-state index in [1.165, 1.54) is 22.9 Å². The number of aromatic nitrogens is 2. The lowest BCUT2D eigenvalue weighted by molar-refractivity contribution is 0.0948. The maximum atomic E-state index is 12.4. The van der Waals surface area contributed by atoms with Gasteiger partial charge in [0.15, 0.2) is 5.16 Å². The van der Waals surface area contributed by atoms with Crippen LogP contribution in [-0.4, -0.2) is 22.4 Å². The summed E-state index contributed by atoms with van der Waals surface area (Å²) >= 11 is 7.99. The third-order valence-corrected chi connectivity index (χ3v) is 7.41. The Balaban J connectivity index is 1.24. The summed E-state index contributed by atoms with van der Waals surface area (Å²) in [5.41, 5.74) is 4.13. The summed E-state index contributed by atoms with van der Waals surface area (Å²) < 4.78 is 5.27. The topological polar surface area (TPSA) is 71.3 Å². The minimum absolute atomic E-state index is 0.146. The van der Waals surface area contributed by atoms with Crippen LogP contribution in [0.25, 0.3) is 0 Å². The molecule has 2 heterocycles. The van der Waals surface area contributed by atoms with Crippen molar-refractivity contribution < 1.29 is 9.21 Å². The van der Waals surface area contributed by atoms with Gasteiger partial charge in [0.1, 0.15) is 16.7 Å². The normalized spacial score (nSPS) is 10.8. The van der Waals surface area contributed by atoms with Gasteiger partial charge in [0, 0.05) is 30.5 Å². The van der Waals surface area contributed by atoms with Crippen LogP contribution < -0.4 is 10.2 Å². The van der Waals surface area contributed by atoms with Crippen molar-refractivity contribution >= 4 is 35.1 Å². The van der Waals surface area contributed by atoms with E-state index in [0.717, 1.165) is 24.3 Å². The number of hydrogen-bond acceptors (Lipinski definition) is 6. The van der Waals surface area contributed by atoms with E-state index in [9.17, 15) is 4.79 Å². The number of rotatable bonds is 12. The lowest BCUT2D eigenvalue weighted by Gasteiger charge is -2.24. The van der Waals surface area contributed by atoms with Gasteiger partial charge in [-0.25, -0.2) is 9.97 Å². The molecule has 1 amide bonds. The Morgan fingerprint density at radius 1 is 0.850 bits per heavy atom. The van der Waals surface area contributed by atoms with Crippen LogP contribution in [0.1, 0.15) is 32.8 Å². The first-order chi connectivity index (χ1) is 19.6. The van der Waals surface area contributed by atoms with Crippen molar-refractivity contribution in [2.45, 2.75) is 30.4 Å². The summed E-state index contributed by atoms with van der Waals surface area (Å²) in [4.78, 5) is 24.0. The number of furan rings is 1. The van der Waals surface area contributed by atoms with Gasteiger partial charge in [-0.2, -0.15) is 0 Å². The van der Waals surface area contributed by atoms with Gasteiger partial charge in [-0.1, -0.05) is 96.2 Å². The van der Waals surface area contributed by atoms with Gasteiger partial charge in [0.05, 0.1) is 12.8 Å². The molecular weight excluding hydrogens is 540 g/mol. The third kappa shape index (κ3) is 7.97. The largest absolute Gasteiger partial charge is 0.467 e. The predicted octanol–water partition coefficient (Wildman–Crippen LogP) is 7.19.